The Kier molecular flexibility index (Phi) is 2.90. The lowest BCUT2D eigenvalue weighted by Gasteiger charge is -2.16. The molecule has 4 heteroatoms. The van der Waals surface area contributed by atoms with Crippen molar-refractivity contribution in [2.75, 3.05) is 13.6 Å². The van der Waals surface area contributed by atoms with Crippen molar-refractivity contribution in [1.82, 2.24) is 4.90 Å². The van der Waals surface area contributed by atoms with Crippen LogP contribution < -0.4 is 0 Å². The zero-order valence-electron chi connectivity index (χ0n) is 9.38. The maximum Gasteiger partial charge on any atom is 0.296 e. The maximum absolute atomic E-state index is 11.7. The Balaban J connectivity index is 2.16. The van der Waals surface area contributed by atoms with Crippen LogP contribution in [0.4, 0.5) is 0 Å². The topological polar surface area (TPSA) is 41.9 Å². The number of rotatable bonds is 2. The maximum atomic E-state index is 11.7. The molecule has 1 heterocycles. The number of aliphatic imine (C=N–C) groups is 1. The van der Waals surface area contributed by atoms with E-state index >= 15 is 0 Å². The molecule has 0 N–H and O–H groups in total. The number of carbonyl (C=O) groups excluding carboxylic acids is 1. The molecule has 1 aliphatic rings. The summed E-state index contributed by atoms with van der Waals surface area (Å²) in [4.78, 5) is 17.4. The van der Waals surface area contributed by atoms with Crippen LogP contribution in [0.15, 0.2) is 35.3 Å². The van der Waals surface area contributed by atoms with Gasteiger partial charge in [0.15, 0.2) is 0 Å². The van der Waals surface area contributed by atoms with Crippen LogP contribution >= 0.6 is 0 Å². The summed E-state index contributed by atoms with van der Waals surface area (Å²) in [5, 5.41) is 0. The van der Waals surface area contributed by atoms with Gasteiger partial charge in [0.25, 0.3) is 11.9 Å². The third kappa shape index (κ3) is 1.91. The molecule has 1 aromatic rings. The number of carbonyl (C=O) groups is 1. The molecule has 1 amide bonds. The van der Waals surface area contributed by atoms with E-state index in [2.05, 4.69) is 4.99 Å². The van der Waals surface area contributed by atoms with Crippen molar-refractivity contribution in [3.05, 3.63) is 35.9 Å². The highest BCUT2D eigenvalue weighted by molar-refractivity contribution is 5.98. The molecule has 2 rings (SSSR count). The molecule has 0 aromatic heterocycles. The summed E-state index contributed by atoms with van der Waals surface area (Å²) in [6.07, 6.45) is -0.579. The second kappa shape index (κ2) is 4.35. The molecule has 1 aromatic carbocycles. The number of hydrogen-bond acceptors (Lipinski definition) is 3. The van der Waals surface area contributed by atoms with Crippen molar-refractivity contribution >= 4 is 11.9 Å². The fourth-order valence-electron chi connectivity index (χ4n) is 1.48. The molecule has 1 atom stereocenters. The van der Waals surface area contributed by atoms with Gasteiger partial charge in [-0.05, 0) is 6.92 Å². The Hall–Kier alpha value is -1.84. The van der Waals surface area contributed by atoms with Crippen LogP contribution in [-0.4, -0.2) is 30.4 Å². The normalized spacial score (nSPS) is 19.2. The Labute approximate surface area is 94.5 Å². The molecule has 4 nitrogen and oxygen atoms in total. The molecule has 16 heavy (non-hydrogen) atoms. The molecule has 0 saturated carbocycles. The van der Waals surface area contributed by atoms with Crippen molar-refractivity contribution in [3.63, 3.8) is 0 Å². The molecule has 0 spiro atoms. The van der Waals surface area contributed by atoms with Crippen LogP contribution in [0.25, 0.3) is 0 Å². The van der Waals surface area contributed by atoms with Gasteiger partial charge in [-0.3, -0.25) is 4.79 Å². The number of nitrogens with zero attached hydrogens (tertiary/aromatic N) is 2. The van der Waals surface area contributed by atoms with Crippen molar-refractivity contribution in [2.45, 2.75) is 13.0 Å². The van der Waals surface area contributed by atoms with Gasteiger partial charge in [0.2, 0.25) is 6.10 Å². The molecule has 0 radical (unpaired) electrons. The van der Waals surface area contributed by atoms with Gasteiger partial charge in [-0.1, -0.05) is 30.3 Å². The molecule has 0 saturated heterocycles. The van der Waals surface area contributed by atoms with Crippen LogP contribution in [-0.2, 0) is 9.53 Å². The van der Waals surface area contributed by atoms with Gasteiger partial charge >= 0.3 is 0 Å². The molecule has 1 aliphatic heterocycles. The number of hydrogen-bond donors (Lipinski definition) is 0. The van der Waals surface area contributed by atoms with Crippen LogP contribution in [0.2, 0.25) is 0 Å². The smallest absolute Gasteiger partial charge is 0.296 e. The lowest BCUT2D eigenvalue weighted by atomic mass is 10.1. The zero-order chi connectivity index (χ0) is 11.5. The lowest BCUT2D eigenvalue weighted by molar-refractivity contribution is -0.122. The molecule has 0 fully saturated rings. The summed E-state index contributed by atoms with van der Waals surface area (Å²) in [7, 11) is 1.85. The molecule has 0 bridgehead atoms. The average Bonchev–Trinajstić information content (AvgIpc) is 2.71. The van der Waals surface area contributed by atoms with Gasteiger partial charge in [0.1, 0.15) is 0 Å². The van der Waals surface area contributed by atoms with Crippen LogP contribution in [0, 0.1) is 0 Å². The Morgan fingerprint density at radius 2 is 2.06 bits per heavy atom. The molecular weight excluding hydrogens is 204 g/mol. The summed E-state index contributed by atoms with van der Waals surface area (Å²) in [6.45, 7) is 2.74. The van der Waals surface area contributed by atoms with Crippen LogP contribution in [0.1, 0.15) is 18.6 Å². The van der Waals surface area contributed by atoms with E-state index in [4.69, 9.17) is 4.74 Å². The van der Waals surface area contributed by atoms with E-state index in [0.717, 1.165) is 12.1 Å². The number of ether oxygens (including phenoxy) is 1. The first-order valence-electron chi connectivity index (χ1n) is 5.27. The summed E-state index contributed by atoms with van der Waals surface area (Å²) in [6, 6.07) is 9.81. The first kappa shape index (κ1) is 10.7. The first-order valence-corrected chi connectivity index (χ1v) is 5.27. The minimum atomic E-state index is -0.579. The van der Waals surface area contributed by atoms with Crippen LogP contribution in [0.3, 0.4) is 0 Å². The number of benzene rings is 1. The quantitative estimate of drug-likeness (QED) is 0.757. The average molecular weight is 218 g/mol. The van der Waals surface area contributed by atoms with E-state index in [0.29, 0.717) is 6.02 Å². The van der Waals surface area contributed by atoms with E-state index < -0.39 is 6.10 Å². The Morgan fingerprint density at radius 3 is 2.69 bits per heavy atom. The van der Waals surface area contributed by atoms with Crippen molar-refractivity contribution in [3.8, 4) is 0 Å². The summed E-state index contributed by atoms with van der Waals surface area (Å²) in [5.74, 6) is -0.235. The highest BCUT2D eigenvalue weighted by Gasteiger charge is 2.31. The van der Waals surface area contributed by atoms with E-state index in [1.165, 1.54) is 0 Å². The van der Waals surface area contributed by atoms with Gasteiger partial charge < -0.3 is 9.64 Å². The highest BCUT2D eigenvalue weighted by Crippen LogP contribution is 2.24. The van der Waals surface area contributed by atoms with E-state index in [-0.39, 0.29) is 5.91 Å². The van der Waals surface area contributed by atoms with E-state index in [9.17, 15) is 4.79 Å². The van der Waals surface area contributed by atoms with Gasteiger partial charge in [-0.2, -0.15) is 4.99 Å². The minimum absolute atomic E-state index is 0.235. The summed E-state index contributed by atoms with van der Waals surface area (Å²) in [5.41, 5.74) is 0.843. The third-order valence-electron chi connectivity index (χ3n) is 2.56. The monoisotopic (exact) mass is 218 g/mol. The largest absolute Gasteiger partial charge is 0.446 e. The minimum Gasteiger partial charge on any atom is -0.446 e. The standard InChI is InChI=1S/C12H14N2O2/c1-3-14(2)12-13-11(15)10(16-12)9-7-5-4-6-8-9/h4-8,10H,3H2,1-2H3. The molecule has 1 unspecified atom stereocenters. The predicted molar refractivity (Wildman–Crippen MR) is 61.0 cm³/mol. The van der Waals surface area contributed by atoms with Crippen molar-refractivity contribution in [1.29, 1.82) is 0 Å². The number of amidine groups is 1. The summed E-state index contributed by atoms with van der Waals surface area (Å²) >= 11 is 0. The second-order valence-corrected chi connectivity index (χ2v) is 3.66. The first-order chi connectivity index (χ1) is 7.72. The van der Waals surface area contributed by atoms with Gasteiger partial charge in [-0.15, -0.1) is 0 Å². The third-order valence-corrected chi connectivity index (χ3v) is 2.56. The molecular formula is C12H14N2O2. The predicted octanol–water partition coefficient (Wildman–Crippen LogP) is 1.59. The number of amides is 1. The van der Waals surface area contributed by atoms with E-state index in [1.807, 2.05) is 44.3 Å². The lowest BCUT2D eigenvalue weighted by Crippen LogP contribution is -2.26. The Bertz CT molecular complexity index is 414. The molecule has 0 aliphatic carbocycles. The second-order valence-electron chi connectivity index (χ2n) is 3.66. The zero-order valence-corrected chi connectivity index (χ0v) is 9.38. The van der Waals surface area contributed by atoms with Gasteiger partial charge in [0, 0.05) is 19.2 Å². The fourth-order valence-corrected chi connectivity index (χ4v) is 1.48. The van der Waals surface area contributed by atoms with E-state index in [1.54, 1.807) is 4.90 Å². The fraction of sp³-hybridized carbons (Fsp3) is 0.333. The van der Waals surface area contributed by atoms with Crippen molar-refractivity contribution in [2.24, 2.45) is 4.99 Å². The van der Waals surface area contributed by atoms with Crippen LogP contribution in [0.5, 0.6) is 0 Å². The molecule has 84 valence electrons. The summed E-state index contributed by atoms with van der Waals surface area (Å²) < 4.78 is 5.54. The van der Waals surface area contributed by atoms with Gasteiger partial charge in [0.05, 0.1) is 0 Å². The Morgan fingerprint density at radius 1 is 1.38 bits per heavy atom. The van der Waals surface area contributed by atoms with Crippen molar-refractivity contribution < 1.29 is 9.53 Å². The van der Waals surface area contributed by atoms with Gasteiger partial charge in [-0.25, -0.2) is 0 Å². The highest BCUT2D eigenvalue weighted by atomic mass is 16.5. The SMILES string of the molecule is CCN(C)C1=NC(=O)C(c2ccccc2)O1.